The van der Waals surface area contributed by atoms with E-state index in [1.807, 2.05) is 6.08 Å². The molecule has 124 valence electrons. The van der Waals surface area contributed by atoms with E-state index in [0.29, 0.717) is 16.6 Å². The average molecular weight is 310 g/mol. The van der Waals surface area contributed by atoms with Crippen LogP contribution in [0.4, 0.5) is 0 Å². The Bertz CT molecular complexity index is 634. The summed E-state index contributed by atoms with van der Waals surface area (Å²) < 4.78 is 0. The first-order valence-corrected chi connectivity index (χ1v) is 9.64. The second-order valence-corrected chi connectivity index (χ2v) is 8.79. The molecule has 0 aromatic carbocycles. The van der Waals surface area contributed by atoms with Crippen molar-refractivity contribution in [3.8, 4) is 0 Å². The average Bonchev–Trinajstić information content (AvgIpc) is 2.79. The second-order valence-electron chi connectivity index (χ2n) is 8.79. The molecule has 23 heavy (non-hydrogen) atoms. The van der Waals surface area contributed by atoms with Gasteiger partial charge in [0, 0.05) is 6.42 Å². The summed E-state index contributed by atoms with van der Waals surface area (Å²) in [6, 6.07) is 0. The van der Waals surface area contributed by atoms with Crippen LogP contribution in [0.1, 0.15) is 72.1 Å². The molecule has 1 fully saturated rings. The molecular weight excluding hydrogens is 280 g/mol. The van der Waals surface area contributed by atoms with E-state index in [4.69, 9.17) is 0 Å². The van der Waals surface area contributed by atoms with Crippen LogP contribution in [0.5, 0.6) is 0 Å². The summed E-state index contributed by atoms with van der Waals surface area (Å²) in [4.78, 5) is 11.8. The summed E-state index contributed by atoms with van der Waals surface area (Å²) in [6.45, 7) is 7.40. The third kappa shape index (κ3) is 2.08. The Labute approximate surface area is 140 Å². The molecule has 0 aromatic rings. The van der Waals surface area contributed by atoms with E-state index in [0.717, 1.165) is 31.1 Å². The predicted octanol–water partition coefficient (Wildman–Crippen LogP) is 5.77. The maximum atomic E-state index is 11.8. The van der Waals surface area contributed by atoms with Crippen molar-refractivity contribution in [1.29, 1.82) is 0 Å². The van der Waals surface area contributed by atoms with Gasteiger partial charge < -0.3 is 0 Å². The van der Waals surface area contributed by atoms with Crippen LogP contribution < -0.4 is 0 Å². The van der Waals surface area contributed by atoms with Crippen molar-refractivity contribution in [1.82, 2.24) is 0 Å². The van der Waals surface area contributed by atoms with Gasteiger partial charge in [-0.3, -0.25) is 4.79 Å². The monoisotopic (exact) mass is 310 g/mol. The fourth-order valence-electron chi connectivity index (χ4n) is 6.29. The summed E-state index contributed by atoms with van der Waals surface area (Å²) >= 11 is 0. The third-order valence-electron chi connectivity index (χ3n) is 7.79. The van der Waals surface area contributed by atoms with Crippen LogP contribution in [0.2, 0.25) is 0 Å². The van der Waals surface area contributed by atoms with Crippen LogP contribution in [-0.2, 0) is 4.79 Å². The first-order chi connectivity index (χ1) is 11.0. The molecule has 0 N–H and O–H groups in total. The summed E-state index contributed by atoms with van der Waals surface area (Å²) in [5, 5.41) is 0. The Hall–Kier alpha value is -1.11. The van der Waals surface area contributed by atoms with Crippen LogP contribution in [-0.4, -0.2) is 5.78 Å². The summed E-state index contributed by atoms with van der Waals surface area (Å²) in [5.74, 6) is 1.89. The van der Waals surface area contributed by atoms with Crippen LogP contribution >= 0.6 is 0 Å². The largest absolute Gasteiger partial charge is 0.295 e. The minimum atomic E-state index is 0.337. The zero-order valence-electron chi connectivity index (χ0n) is 15.0. The molecule has 1 heteroatoms. The van der Waals surface area contributed by atoms with E-state index in [-0.39, 0.29) is 0 Å². The maximum Gasteiger partial charge on any atom is 0.156 e. The van der Waals surface area contributed by atoms with Gasteiger partial charge in [-0.2, -0.15) is 0 Å². The van der Waals surface area contributed by atoms with E-state index >= 15 is 0 Å². The topological polar surface area (TPSA) is 17.1 Å². The molecule has 4 aliphatic rings. The molecule has 0 bridgehead atoms. The highest BCUT2D eigenvalue weighted by atomic mass is 16.1. The summed E-state index contributed by atoms with van der Waals surface area (Å²) in [6.07, 6.45) is 16.5. The van der Waals surface area contributed by atoms with Crippen molar-refractivity contribution >= 4 is 5.78 Å². The van der Waals surface area contributed by atoms with Crippen LogP contribution in [0, 0.1) is 22.7 Å². The number of rotatable bonds is 2. The molecule has 0 radical (unpaired) electrons. The zero-order chi connectivity index (χ0) is 16.2. The molecule has 0 aromatic heterocycles. The van der Waals surface area contributed by atoms with Gasteiger partial charge in [0.1, 0.15) is 0 Å². The molecule has 4 aliphatic carbocycles. The Morgan fingerprint density at radius 3 is 2.78 bits per heavy atom. The van der Waals surface area contributed by atoms with Crippen molar-refractivity contribution in [2.24, 2.45) is 22.7 Å². The van der Waals surface area contributed by atoms with Crippen molar-refractivity contribution < 1.29 is 4.79 Å². The van der Waals surface area contributed by atoms with Crippen molar-refractivity contribution in [2.45, 2.75) is 72.1 Å². The Morgan fingerprint density at radius 1 is 1.17 bits per heavy atom. The number of fused-ring (bicyclic) bond motifs is 4. The highest BCUT2D eigenvalue weighted by Crippen LogP contribution is 2.65. The fraction of sp³-hybridized carbons (Fsp3) is 0.682. The minimum absolute atomic E-state index is 0.337. The lowest BCUT2D eigenvalue weighted by Gasteiger charge is -2.49. The lowest BCUT2D eigenvalue weighted by atomic mass is 9.55. The molecular formula is C22H30O. The first-order valence-electron chi connectivity index (χ1n) is 9.64. The summed E-state index contributed by atoms with van der Waals surface area (Å²) in [7, 11) is 0. The highest BCUT2D eigenvalue weighted by molar-refractivity contribution is 5.93. The third-order valence-corrected chi connectivity index (χ3v) is 7.79. The van der Waals surface area contributed by atoms with Gasteiger partial charge >= 0.3 is 0 Å². The van der Waals surface area contributed by atoms with Crippen LogP contribution in [0.25, 0.3) is 0 Å². The molecule has 0 saturated heterocycles. The quantitative estimate of drug-likeness (QED) is 0.632. The number of allylic oxidation sites excluding steroid dienone is 6. The molecule has 1 saturated carbocycles. The lowest BCUT2D eigenvalue weighted by molar-refractivity contribution is -0.114. The van der Waals surface area contributed by atoms with Gasteiger partial charge in [0.25, 0.3) is 0 Å². The van der Waals surface area contributed by atoms with Crippen molar-refractivity contribution in [2.75, 3.05) is 0 Å². The molecule has 1 unspecified atom stereocenters. The minimum Gasteiger partial charge on any atom is -0.295 e. The van der Waals surface area contributed by atoms with Gasteiger partial charge in [-0.1, -0.05) is 39.3 Å². The van der Waals surface area contributed by atoms with Gasteiger partial charge in [0.2, 0.25) is 0 Å². The van der Waals surface area contributed by atoms with Gasteiger partial charge in [0.15, 0.2) is 5.78 Å². The molecule has 1 nitrogen and oxygen atoms in total. The van der Waals surface area contributed by atoms with Gasteiger partial charge in [0.05, 0.1) is 0 Å². The van der Waals surface area contributed by atoms with E-state index in [1.54, 1.807) is 5.57 Å². The lowest BCUT2D eigenvalue weighted by Crippen LogP contribution is -2.41. The van der Waals surface area contributed by atoms with Crippen LogP contribution in [0.15, 0.2) is 34.9 Å². The fourth-order valence-corrected chi connectivity index (χ4v) is 6.29. The van der Waals surface area contributed by atoms with Crippen molar-refractivity contribution in [3.63, 3.8) is 0 Å². The summed E-state index contributed by atoms with van der Waals surface area (Å²) in [5.41, 5.74) is 5.32. The molecule has 0 heterocycles. The Kier molecular flexibility index (Phi) is 3.48. The Morgan fingerprint density at radius 2 is 2.00 bits per heavy atom. The maximum absolute atomic E-state index is 11.8. The normalized spacial score (nSPS) is 42.2. The van der Waals surface area contributed by atoms with Crippen LogP contribution in [0.3, 0.4) is 0 Å². The van der Waals surface area contributed by atoms with Gasteiger partial charge in [-0.05, 0) is 84.0 Å². The predicted molar refractivity (Wildman–Crippen MR) is 95.1 cm³/mol. The number of ketones is 1. The molecule has 0 aliphatic heterocycles. The van der Waals surface area contributed by atoms with Gasteiger partial charge in [-0.15, -0.1) is 0 Å². The number of carbonyl (C=O) groups excluding carboxylic acids is 1. The molecule has 4 rings (SSSR count). The number of hydrogen-bond donors (Lipinski definition) is 0. The first kappa shape index (κ1) is 15.4. The van der Waals surface area contributed by atoms with E-state index in [1.165, 1.54) is 43.3 Å². The standard InChI is InChI=1S/C22H30O/c1-4-11-21(2)12-10-20-19-7-5-15-14-16(23)6-8-17(15)18(19)9-13-22(20,21)3/h9,13-14,19-20H,4-8,10-12H2,1-3H3/t19?,20-,21-,22-/m0/s1. The van der Waals surface area contributed by atoms with E-state index in [2.05, 4.69) is 32.9 Å². The smallest absolute Gasteiger partial charge is 0.156 e. The highest BCUT2D eigenvalue weighted by Gasteiger charge is 2.56. The Balaban J connectivity index is 1.78. The SMILES string of the molecule is CCC[C@@]1(C)CC[C@H]2C3CCC4=CC(=O)CCC4=C3C=C[C@@]21C. The zero-order valence-corrected chi connectivity index (χ0v) is 15.0. The number of hydrogen-bond acceptors (Lipinski definition) is 1. The second kappa shape index (κ2) is 5.19. The van der Waals surface area contributed by atoms with E-state index in [9.17, 15) is 4.79 Å². The molecule has 0 amide bonds. The molecule has 4 atom stereocenters. The van der Waals surface area contributed by atoms with E-state index < -0.39 is 0 Å². The number of carbonyl (C=O) groups is 1. The van der Waals surface area contributed by atoms with Gasteiger partial charge in [-0.25, -0.2) is 0 Å². The molecule has 0 spiro atoms. The van der Waals surface area contributed by atoms with Crippen molar-refractivity contribution in [3.05, 3.63) is 34.9 Å².